The van der Waals surface area contributed by atoms with E-state index in [1.807, 2.05) is 4.98 Å². The van der Waals surface area contributed by atoms with E-state index < -0.39 is 76.2 Å². The summed E-state index contributed by atoms with van der Waals surface area (Å²) in [5.74, 6) is 0. The van der Waals surface area contributed by atoms with Crippen LogP contribution < -0.4 is 21.9 Å². The Bertz CT molecular complexity index is 2030. The Balaban J connectivity index is 1.42. The minimum atomic E-state index is -5.32. The number of rotatable bonds is 12. The van der Waals surface area contributed by atoms with Gasteiger partial charge in [0.2, 0.25) is 0 Å². The number of carbonyl (C=O) groups excluding carboxylic acids is 2. The Morgan fingerprint density at radius 1 is 0.840 bits per heavy atom. The highest BCUT2D eigenvalue weighted by Gasteiger charge is 2.52. The average Bonchev–Trinajstić information content (AvgIpc) is 3.37. The Kier molecular flexibility index (Phi) is 11.5. The molecule has 0 bridgehead atoms. The normalized spacial score (nSPS) is 20.9. The molecular weight excluding hydrogens is 698 g/mol. The van der Waals surface area contributed by atoms with Gasteiger partial charge in [-0.05, 0) is 42.3 Å². The highest BCUT2D eigenvalue weighted by atomic mass is 31.3. The maximum atomic E-state index is 13.1. The quantitative estimate of drug-likeness (QED) is 0.127. The molecule has 6 atom stereocenters. The minimum absolute atomic E-state index is 0.317. The molecule has 0 aliphatic carbocycles. The highest BCUT2D eigenvalue weighted by molar-refractivity contribution is 7.63. The van der Waals surface area contributed by atoms with Gasteiger partial charge in [-0.2, -0.15) is 0 Å². The van der Waals surface area contributed by atoms with Gasteiger partial charge in [0.15, 0.2) is 18.4 Å². The summed E-state index contributed by atoms with van der Waals surface area (Å²) in [5.41, 5.74) is -0.0853. The number of anilines is 2. The van der Waals surface area contributed by atoms with Crippen LogP contribution in [0.2, 0.25) is 0 Å². The zero-order valence-electron chi connectivity index (χ0n) is 26.2. The topological polar surface area (TPSA) is 234 Å². The SMILES string of the molecule is Cc1ccccc1CP(=O)(O)OP(=O)(O)OC[C@H]1O[C@@H](n2ccc(=O)[nH]c2=O)[C@@H](OC(=O)Nc2ccccc2)C1OC(=O)Nc1ccccc1. The molecule has 19 heteroatoms. The van der Waals surface area contributed by atoms with Crippen molar-refractivity contribution in [2.45, 2.75) is 37.6 Å². The van der Waals surface area contributed by atoms with Crippen molar-refractivity contribution in [3.05, 3.63) is 129 Å². The van der Waals surface area contributed by atoms with Gasteiger partial charge in [0.1, 0.15) is 6.10 Å². The summed E-state index contributed by atoms with van der Waals surface area (Å²) in [4.78, 5) is 73.7. The van der Waals surface area contributed by atoms with Gasteiger partial charge >= 0.3 is 33.3 Å². The van der Waals surface area contributed by atoms with Crippen molar-refractivity contribution in [3.63, 3.8) is 0 Å². The molecule has 1 aliphatic rings. The third-order valence-electron chi connectivity index (χ3n) is 7.20. The molecule has 264 valence electrons. The number of ether oxygens (including phenoxy) is 3. The van der Waals surface area contributed by atoms with Gasteiger partial charge in [-0.3, -0.25) is 34.1 Å². The number of aromatic nitrogens is 2. The maximum absolute atomic E-state index is 13.1. The fourth-order valence-corrected chi connectivity index (χ4v) is 7.76. The standard InChI is InChI=1S/C31H32N4O13P2/c1-20-10-8-9-11-21(20)19-49(40,41)48-50(42,43)44-18-24-26(46-30(38)32-22-12-4-2-5-13-22)27(47-31(39)33-23-14-6-3-7-15-23)28(45-24)35-17-16-25(36)34-29(35)37/h2-17,24,26-28H,18-19H2,1H3,(H,32,38)(H,33,39)(H,40,41)(H,42,43)(H,34,36,37)/t24-,26?,27+,28-/m1/s1. The number of carbonyl (C=O) groups is 2. The third-order valence-corrected chi connectivity index (χ3v) is 10.3. The lowest BCUT2D eigenvalue weighted by molar-refractivity contribution is -0.0552. The highest BCUT2D eigenvalue weighted by Crippen LogP contribution is 2.61. The van der Waals surface area contributed by atoms with Gasteiger partial charge in [-0.25, -0.2) is 23.3 Å². The van der Waals surface area contributed by atoms with E-state index in [-0.39, 0.29) is 0 Å². The Labute approximate surface area is 283 Å². The maximum Gasteiger partial charge on any atom is 0.479 e. The second kappa shape index (κ2) is 15.8. The number of benzene rings is 3. The number of nitrogens with one attached hydrogen (secondary N) is 3. The first-order chi connectivity index (χ1) is 23.8. The van der Waals surface area contributed by atoms with Gasteiger partial charge < -0.3 is 24.0 Å². The Hall–Kier alpha value is -4.86. The van der Waals surface area contributed by atoms with Crippen molar-refractivity contribution in [3.8, 4) is 0 Å². The van der Waals surface area contributed by atoms with Crippen LogP contribution in [0.4, 0.5) is 21.0 Å². The number of nitrogens with zero attached hydrogens (tertiary/aromatic N) is 1. The van der Waals surface area contributed by atoms with Crippen LogP contribution in [0.1, 0.15) is 17.4 Å². The Morgan fingerprint density at radius 3 is 1.98 bits per heavy atom. The summed E-state index contributed by atoms with van der Waals surface area (Å²) >= 11 is 0. The lowest BCUT2D eigenvalue weighted by Crippen LogP contribution is -2.44. The van der Waals surface area contributed by atoms with E-state index in [4.69, 9.17) is 18.7 Å². The van der Waals surface area contributed by atoms with Crippen LogP contribution in [-0.2, 0) is 38.3 Å². The van der Waals surface area contributed by atoms with Crippen molar-refractivity contribution in [1.82, 2.24) is 9.55 Å². The van der Waals surface area contributed by atoms with Crippen molar-refractivity contribution in [1.29, 1.82) is 0 Å². The molecule has 3 unspecified atom stereocenters. The fourth-order valence-electron chi connectivity index (χ4n) is 4.93. The van der Waals surface area contributed by atoms with Crippen LogP contribution in [0.25, 0.3) is 0 Å². The van der Waals surface area contributed by atoms with E-state index in [1.54, 1.807) is 91.9 Å². The first-order valence-corrected chi connectivity index (χ1v) is 18.1. The van der Waals surface area contributed by atoms with Crippen LogP contribution in [0.5, 0.6) is 0 Å². The lowest BCUT2D eigenvalue weighted by Gasteiger charge is -2.25. The number of aryl methyl sites for hydroxylation is 1. The Morgan fingerprint density at radius 2 is 1.40 bits per heavy atom. The minimum Gasteiger partial charge on any atom is -0.439 e. The van der Waals surface area contributed by atoms with Crippen LogP contribution in [0, 0.1) is 6.92 Å². The molecule has 0 saturated carbocycles. The molecule has 0 radical (unpaired) electrons. The van der Waals surface area contributed by atoms with E-state index >= 15 is 0 Å². The predicted octanol–water partition coefficient (Wildman–Crippen LogP) is 4.50. The van der Waals surface area contributed by atoms with E-state index in [9.17, 15) is 38.1 Å². The predicted molar refractivity (Wildman–Crippen MR) is 177 cm³/mol. The molecule has 17 nitrogen and oxygen atoms in total. The zero-order chi connectivity index (χ0) is 35.9. The summed E-state index contributed by atoms with van der Waals surface area (Å²) in [7, 11) is -10.1. The monoisotopic (exact) mass is 730 g/mol. The molecule has 0 spiro atoms. The van der Waals surface area contributed by atoms with Gasteiger partial charge in [0, 0.05) is 23.6 Å². The third kappa shape index (κ3) is 9.86. The second-order valence-electron chi connectivity index (χ2n) is 10.9. The van der Waals surface area contributed by atoms with E-state index in [1.165, 1.54) is 0 Å². The molecule has 1 aliphatic heterocycles. The number of H-pyrrole nitrogens is 1. The van der Waals surface area contributed by atoms with E-state index in [2.05, 4.69) is 14.9 Å². The molecule has 1 saturated heterocycles. The number of amides is 2. The summed E-state index contributed by atoms with van der Waals surface area (Å²) in [6.45, 7) is 0.731. The van der Waals surface area contributed by atoms with Gasteiger partial charge in [-0.15, -0.1) is 0 Å². The number of phosphoric acid groups is 1. The zero-order valence-corrected chi connectivity index (χ0v) is 28.0. The fraction of sp³-hybridized carbons (Fsp3) is 0.226. The summed E-state index contributed by atoms with van der Waals surface area (Å²) in [5, 5.41) is 4.97. The first kappa shape index (κ1) is 36.4. The molecule has 5 rings (SSSR count). The number of hydrogen-bond acceptors (Lipinski definition) is 11. The second-order valence-corrected chi connectivity index (χ2v) is 14.3. The molecule has 1 aromatic heterocycles. The largest absolute Gasteiger partial charge is 0.479 e. The number of aromatic amines is 1. The summed E-state index contributed by atoms with van der Waals surface area (Å²) in [6, 6.07) is 23.8. The van der Waals surface area contributed by atoms with Crippen LogP contribution in [-0.4, -0.2) is 56.4 Å². The van der Waals surface area contributed by atoms with Crippen molar-refractivity contribution >= 4 is 39.0 Å². The van der Waals surface area contributed by atoms with Gasteiger partial charge in [0.05, 0.1) is 12.8 Å². The average molecular weight is 731 g/mol. The lowest BCUT2D eigenvalue weighted by atomic mass is 10.1. The molecular formula is C31H32N4O13P2. The molecule has 2 heterocycles. The molecule has 50 heavy (non-hydrogen) atoms. The van der Waals surface area contributed by atoms with Crippen molar-refractivity contribution < 1.29 is 51.6 Å². The van der Waals surface area contributed by atoms with Gasteiger partial charge in [0.25, 0.3) is 5.56 Å². The molecule has 3 aromatic carbocycles. The molecule has 5 N–H and O–H groups in total. The van der Waals surface area contributed by atoms with Crippen molar-refractivity contribution in [2.24, 2.45) is 0 Å². The van der Waals surface area contributed by atoms with Crippen LogP contribution in [0.15, 0.2) is 107 Å². The summed E-state index contributed by atoms with van der Waals surface area (Å²) < 4.78 is 53.5. The van der Waals surface area contributed by atoms with E-state index in [0.29, 0.717) is 22.5 Å². The number of phosphoric ester groups is 1. The van der Waals surface area contributed by atoms with E-state index in [0.717, 1.165) is 16.8 Å². The molecule has 2 amide bonds. The number of hydrogen-bond donors (Lipinski definition) is 5. The number of para-hydroxylation sites is 2. The van der Waals surface area contributed by atoms with Crippen LogP contribution >= 0.6 is 15.4 Å². The molecule has 1 fully saturated rings. The van der Waals surface area contributed by atoms with Crippen molar-refractivity contribution in [2.75, 3.05) is 17.2 Å². The van der Waals surface area contributed by atoms with Gasteiger partial charge in [-0.1, -0.05) is 60.7 Å². The first-order valence-electron chi connectivity index (χ1n) is 14.9. The smallest absolute Gasteiger partial charge is 0.439 e. The summed E-state index contributed by atoms with van der Waals surface area (Å²) in [6.07, 6.45) is -8.21. The molecule has 4 aromatic rings. The van der Waals surface area contributed by atoms with Crippen LogP contribution in [0.3, 0.4) is 0 Å².